The van der Waals surface area contributed by atoms with Gasteiger partial charge in [-0.05, 0) is 49.9 Å². The van der Waals surface area contributed by atoms with Crippen LogP contribution in [0.2, 0.25) is 10.0 Å². The molecule has 0 spiro atoms. The van der Waals surface area contributed by atoms with E-state index in [-0.39, 0.29) is 18.3 Å². The van der Waals surface area contributed by atoms with Gasteiger partial charge in [-0.1, -0.05) is 23.2 Å². The molecule has 0 aromatic heterocycles. The summed E-state index contributed by atoms with van der Waals surface area (Å²) in [6, 6.07) is 5.21. The van der Waals surface area contributed by atoms with Crippen molar-refractivity contribution in [3.63, 3.8) is 0 Å². The van der Waals surface area contributed by atoms with Crippen molar-refractivity contribution in [2.45, 2.75) is 25.7 Å². The normalized spacial score (nSPS) is 15.2. The van der Waals surface area contributed by atoms with Gasteiger partial charge >= 0.3 is 0 Å². The van der Waals surface area contributed by atoms with Crippen molar-refractivity contribution in [3.8, 4) is 5.75 Å². The van der Waals surface area contributed by atoms with Crippen LogP contribution in [0.5, 0.6) is 5.75 Å². The average Bonchev–Trinajstić information content (AvgIpc) is 2.50. The van der Waals surface area contributed by atoms with Crippen LogP contribution in [0.15, 0.2) is 18.2 Å². The number of nitrogens with zero attached hydrogens (tertiary/aromatic N) is 1. The van der Waals surface area contributed by atoms with Gasteiger partial charge in [0.1, 0.15) is 5.75 Å². The number of amides is 1. The van der Waals surface area contributed by atoms with E-state index >= 15 is 0 Å². The number of hydrogen-bond donors (Lipinski definition) is 1. The molecule has 1 saturated heterocycles. The maximum Gasteiger partial charge on any atom is 0.222 e. The zero-order valence-corrected chi connectivity index (χ0v) is 15.3. The SMILES string of the molecule is Cl.NCCCC(=O)N1CCC(COc2cc(Cl)cc(Cl)c2)CC1. The third kappa shape index (κ3) is 6.76. The molecule has 1 aliphatic rings. The highest BCUT2D eigenvalue weighted by atomic mass is 35.5. The molecule has 0 bridgehead atoms. The molecule has 1 heterocycles. The molecule has 130 valence electrons. The van der Waals surface area contributed by atoms with Crippen LogP contribution < -0.4 is 10.5 Å². The molecule has 0 saturated carbocycles. The third-order valence-corrected chi connectivity index (χ3v) is 4.32. The Balaban J connectivity index is 0.00000264. The van der Waals surface area contributed by atoms with Crippen LogP contribution in [-0.4, -0.2) is 37.0 Å². The van der Waals surface area contributed by atoms with Gasteiger partial charge in [-0.25, -0.2) is 0 Å². The number of nitrogens with two attached hydrogens (primary N) is 1. The third-order valence-electron chi connectivity index (χ3n) is 3.88. The number of benzene rings is 1. The molecule has 0 radical (unpaired) electrons. The van der Waals surface area contributed by atoms with E-state index in [2.05, 4.69) is 0 Å². The van der Waals surface area contributed by atoms with Gasteiger partial charge in [0.15, 0.2) is 0 Å². The fourth-order valence-corrected chi connectivity index (χ4v) is 3.09. The lowest BCUT2D eigenvalue weighted by Crippen LogP contribution is -2.39. The Hall–Kier alpha value is -0.680. The van der Waals surface area contributed by atoms with Gasteiger partial charge in [0, 0.05) is 29.6 Å². The van der Waals surface area contributed by atoms with E-state index in [0.717, 1.165) is 32.4 Å². The van der Waals surface area contributed by atoms with Gasteiger partial charge in [0.05, 0.1) is 6.61 Å². The minimum absolute atomic E-state index is 0. The molecular formula is C16H23Cl3N2O2. The van der Waals surface area contributed by atoms with Crippen molar-refractivity contribution in [2.75, 3.05) is 26.2 Å². The predicted octanol–water partition coefficient (Wildman–Crippen LogP) is 3.77. The number of carbonyl (C=O) groups is 1. The van der Waals surface area contributed by atoms with Crippen molar-refractivity contribution in [1.29, 1.82) is 0 Å². The van der Waals surface area contributed by atoms with E-state index in [1.807, 2.05) is 4.90 Å². The van der Waals surface area contributed by atoms with Crippen LogP contribution in [0.4, 0.5) is 0 Å². The molecule has 0 aliphatic carbocycles. The number of carbonyl (C=O) groups excluding carboxylic acids is 1. The summed E-state index contributed by atoms with van der Waals surface area (Å²) in [7, 11) is 0. The monoisotopic (exact) mass is 380 g/mol. The fraction of sp³-hybridized carbons (Fsp3) is 0.562. The molecule has 1 aromatic rings. The second-order valence-electron chi connectivity index (χ2n) is 5.63. The minimum Gasteiger partial charge on any atom is -0.493 e. The summed E-state index contributed by atoms with van der Waals surface area (Å²) < 4.78 is 5.78. The number of ether oxygens (including phenoxy) is 1. The Morgan fingerprint density at radius 2 is 1.83 bits per heavy atom. The molecule has 4 nitrogen and oxygen atoms in total. The largest absolute Gasteiger partial charge is 0.493 e. The molecule has 2 rings (SSSR count). The first kappa shape index (κ1) is 20.4. The summed E-state index contributed by atoms with van der Waals surface area (Å²) >= 11 is 11.9. The molecule has 1 aromatic carbocycles. The highest BCUT2D eigenvalue weighted by molar-refractivity contribution is 6.34. The molecular weight excluding hydrogens is 359 g/mol. The van der Waals surface area contributed by atoms with E-state index in [1.54, 1.807) is 18.2 Å². The van der Waals surface area contributed by atoms with E-state index in [9.17, 15) is 4.79 Å². The van der Waals surface area contributed by atoms with Crippen LogP contribution >= 0.6 is 35.6 Å². The zero-order chi connectivity index (χ0) is 15.9. The Labute approximate surface area is 153 Å². The molecule has 1 aliphatic heterocycles. The van der Waals surface area contributed by atoms with E-state index < -0.39 is 0 Å². The number of piperidine rings is 1. The molecule has 1 amide bonds. The van der Waals surface area contributed by atoms with Crippen molar-refractivity contribution >= 4 is 41.5 Å². The van der Waals surface area contributed by atoms with E-state index in [0.29, 0.717) is 41.3 Å². The first-order valence-electron chi connectivity index (χ1n) is 7.65. The van der Waals surface area contributed by atoms with Gasteiger partial charge in [0.25, 0.3) is 0 Å². The maximum atomic E-state index is 11.9. The van der Waals surface area contributed by atoms with E-state index in [1.165, 1.54) is 0 Å². The van der Waals surface area contributed by atoms with Crippen LogP contribution in [-0.2, 0) is 4.79 Å². The smallest absolute Gasteiger partial charge is 0.222 e. The molecule has 0 unspecified atom stereocenters. The second kappa shape index (κ2) is 10.2. The van der Waals surface area contributed by atoms with Crippen molar-refractivity contribution < 1.29 is 9.53 Å². The summed E-state index contributed by atoms with van der Waals surface area (Å²) in [5.74, 6) is 1.36. The van der Waals surface area contributed by atoms with Crippen molar-refractivity contribution in [2.24, 2.45) is 11.7 Å². The number of likely N-dealkylation sites (tertiary alicyclic amines) is 1. The predicted molar refractivity (Wildman–Crippen MR) is 96.8 cm³/mol. The van der Waals surface area contributed by atoms with Crippen LogP contribution in [0, 0.1) is 5.92 Å². The zero-order valence-electron chi connectivity index (χ0n) is 13.0. The number of halogens is 3. The summed E-state index contributed by atoms with van der Waals surface area (Å²) in [6.07, 6.45) is 3.24. The topological polar surface area (TPSA) is 55.6 Å². The summed E-state index contributed by atoms with van der Waals surface area (Å²) in [5, 5.41) is 1.14. The lowest BCUT2D eigenvalue weighted by molar-refractivity contribution is -0.132. The molecule has 1 fully saturated rings. The quantitative estimate of drug-likeness (QED) is 0.816. The molecule has 23 heavy (non-hydrogen) atoms. The van der Waals surface area contributed by atoms with Crippen LogP contribution in [0.1, 0.15) is 25.7 Å². The fourth-order valence-electron chi connectivity index (χ4n) is 2.59. The van der Waals surface area contributed by atoms with Gasteiger partial charge in [0.2, 0.25) is 5.91 Å². The average molecular weight is 382 g/mol. The lowest BCUT2D eigenvalue weighted by Gasteiger charge is -2.32. The lowest BCUT2D eigenvalue weighted by atomic mass is 9.97. The second-order valence-corrected chi connectivity index (χ2v) is 6.51. The number of rotatable bonds is 6. The summed E-state index contributed by atoms with van der Waals surface area (Å²) in [6.45, 7) is 2.79. The minimum atomic E-state index is 0. The Morgan fingerprint density at radius 3 is 2.39 bits per heavy atom. The first-order valence-corrected chi connectivity index (χ1v) is 8.41. The molecule has 0 atom stereocenters. The van der Waals surface area contributed by atoms with Gasteiger partial charge in [-0.3, -0.25) is 4.79 Å². The van der Waals surface area contributed by atoms with Crippen molar-refractivity contribution in [3.05, 3.63) is 28.2 Å². The molecule has 7 heteroatoms. The van der Waals surface area contributed by atoms with Crippen molar-refractivity contribution in [1.82, 2.24) is 4.90 Å². The number of hydrogen-bond acceptors (Lipinski definition) is 3. The summed E-state index contributed by atoms with van der Waals surface area (Å²) in [4.78, 5) is 13.9. The van der Waals surface area contributed by atoms with Gasteiger partial charge < -0.3 is 15.4 Å². The highest BCUT2D eigenvalue weighted by Crippen LogP contribution is 2.26. The Bertz CT molecular complexity index is 486. The Kier molecular flexibility index (Phi) is 9.07. The van der Waals surface area contributed by atoms with Crippen LogP contribution in [0.25, 0.3) is 0 Å². The Morgan fingerprint density at radius 1 is 1.22 bits per heavy atom. The van der Waals surface area contributed by atoms with Gasteiger partial charge in [-0.2, -0.15) is 0 Å². The van der Waals surface area contributed by atoms with Crippen LogP contribution in [0.3, 0.4) is 0 Å². The summed E-state index contributed by atoms with van der Waals surface area (Å²) in [5.41, 5.74) is 5.44. The highest BCUT2D eigenvalue weighted by Gasteiger charge is 2.22. The van der Waals surface area contributed by atoms with Gasteiger partial charge in [-0.15, -0.1) is 12.4 Å². The maximum absolute atomic E-state index is 11.9. The standard InChI is InChI=1S/C16H22Cl2N2O2.ClH/c17-13-8-14(18)10-15(9-13)22-11-12-3-6-20(7-4-12)16(21)2-1-5-19;/h8-10,12H,1-7,11,19H2;1H. The first-order chi connectivity index (χ1) is 10.6. The van der Waals surface area contributed by atoms with E-state index in [4.69, 9.17) is 33.7 Å². The molecule has 2 N–H and O–H groups in total.